The SMILES string of the molecule is CN(CCC(=O)NC1CCCCCC1)CCC(C)(C)O.O=CO. The summed E-state index contributed by atoms with van der Waals surface area (Å²) in [5.74, 6) is 0.173. The van der Waals surface area contributed by atoms with Gasteiger partial charge in [0.25, 0.3) is 6.47 Å². The van der Waals surface area contributed by atoms with Crippen molar-refractivity contribution in [3.63, 3.8) is 0 Å². The standard InChI is InChI=1S/C16H32N2O2.CH2O2/c1-16(2,20)11-13-18(3)12-10-15(19)17-14-8-6-4-5-7-9-14;2-1-3/h14,20H,4-13H2,1-3H3,(H,17,19);1H,(H,2,3). The van der Waals surface area contributed by atoms with Crippen LogP contribution in [-0.2, 0) is 9.59 Å². The van der Waals surface area contributed by atoms with Gasteiger partial charge in [-0.05, 0) is 40.2 Å². The van der Waals surface area contributed by atoms with Crippen molar-refractivity contribution in [3.8, 4) is 0 Å². The van der Waals surface area contributed by atoms with Gasteiger partial charge >= 0.3 is 0 Å². The Labute approximate surface area is 140 Å². The van der Waals surface area contributed by atoms with Gasteiger partial charge in [-0.2, -0.15) is 0 Å². The molecule has 0 unspecified atom stereocenters. The number of amides is 1. The number of hydrogen-bond acceptors (Lipinski definition) is 4. The van der Waals surface area contributed by atoms with E-state index in [1.165, 1.54) is 25.7 Å². The number of nitrogens with one attached hydrogen (secondary N) is 1. The zero-order valence-electron chi connectivity index (χ0n) is 14.9. The van der Waals surface area contributed by atoms with Gasteiger partial charge < -0.3 is 20.4 Å². The fraction of sp³-hybridized carbons (Fsp3) is 0.882. The van der Waals surface area contributed by atoms with Crippen molar-refractivity contribution < 1.29 is 19.8 Å². The van der Waals surface area contributed by atoms with Crippen LogP contribution in [0.3, 0.4) is 0 Å². The van der Waals surface area contributed by atoms with Crippen molar-refractivity contribution in [1.29, 1.82) is 0 Å². The highest BCUT2D eigenvalue weighted by atomic mass is 16.3. The van der Waals surface area contributed by atoms with Crippen LogP contribution >= 0.6 is 0 Å². The summed E-state index contributed by atoms with van der Waals surface area (Å²) >= 11 is 0. The Bertz CT molecular complexity index is 321. The van der Waals surface area contributed by atoms with Gasteiger partial charge in [0.1, 0.15) is 0 Å². The zero-order valence-corrected chi connectivity index (χ0v) is 14.9. The fourth-order valence-electron chi connectivity index (χ4n) is 2.59. The summed E-state index contributed by atoms with van der Waals surface area (Å²) in [4.78, 5) is 22.4. The van der Waals surface area contributed by atoms with E-state index in [0.29, 0.717) is 12.5 Å². The highest BCUT2D eigenvalue weighted by Gasteiger charge is 2.16. The van der Waals surface area contributed by atoms with E-state index in [9.17, 15) is 9.90 Å². The zero-order chi connectivity index (χ0) is 17.7. The molecule has 0 aromatic rings. The third-order valence-electron chi connectivity index (χ3n) is 4.05. The lowest BCUT2D eigenvalue weighted by Crippen LogP contribution is -2.37. The van der Waals surface area contributed by atoms with Gasteiger partial charge in [-0.25, -0.2) is 0 Å². The second-order valence-electron chi connectivity index (χ2n) is 6.98. The van der Waals surface area contributed by atoms with E-state index in [-0.39, 0.29) is 12.4 Å². The summed E-state index contributed by atoms with van der Waals surface area (Å²) < 4.78 is 0. The molecule has 1 saturated carbocycles. The number of carboxylic acid groups (broad SMARTS) is 1. The first-order valence-corrected chi connectivity index (χ1v) is 8.56. The molecule has 1 aliphatic carbocycles. The van der Waals surface area contributed by atoms with E-state index in [1.54, 1.807) is 0 Å². The Kier molecular flexibility index (Phi) is 11.7. The molecule has 0 aliphatic heterocycles. The van der Waals surface area contributed by atoms with Crippen LogP contribution in [0, 0.1) is 0 Å². The number of carbonyl (C=O) groups excluding carboxylic acids is 1. The molecule has 1 rings (SSSR count). The van der Waals surface area contributed by atoms with Crippen molar-refractivity contribution in [2.75, 3.05) is 20.1 Å². The molecule has 0 heterocycles. The number of rotatable bonds is 7. The van der Waals surface area contributed by atoms with E-state index in [2.05, 4.69) is 10.2 Å². The average Bonchev–Trinajstić information content (AvgIpc) is 2.71. The van der Waals surface area contributed by atoms with Crippen LogP contribution < -0.4 is 5.32 Å². The van der Waals surface area contributed by atoms with E-state index in [1.807, 2.05) is 20.9 Å². The van der Waals surface area contributed by atoms with Crippen molar-refractivity contribution in [3.05, 3.63) is 0 Å². The van der Waals surface area contributed by atoms with E-state index >= 15 is 0 Å². The molecule has 23 heavy (non-hydrogen) atoms. The minimum absolute atomic E-state index is 0.173. The molecule has 0 spiro atoms. The second kappa shape index (κ2) is 12.3. The molecule has 0 aromatic carbocycles. The number of nitrogens with zero attached hydrogens (tertiary/aromatic N) is 1. The molecule has 1 amide bonds. The van der Waals surface area contributed by atoms with Crippen molar-refractivity contribution in [1.82, 2.24) is 10.2 Å². The van der Waals surface area contributed by atoms with Crippen molar-refractivity contribution in [2.45, 2.75) is 76.9 Å². The van der Waals surface area contributed by atoms with Crippen LogP contribution in [0.2, 0.25) is 0 Å². The van der Waals surface area contributed by atoms with Gasteiger partial charge in [-0.15, -0.1) is 0 Å². The van der Waals surface area contributed by atoms with Crippen LogP contribution in [0.1, 0.15) is 65.2 Å². The summed E-state index contributed by atoms with van der Waals surface area (Å²) in [5.41, 5.74) is -0.628. The first-order chi connectivity index (χ1) is 10.8. The maximum atomic E-state index is 11.9. The van der Waals surface area contributed by atoms with Crippen LogP contribution in [0.4, 0.5) is 0 Å². The quantitative estimate of drug-likeness (QED) is 0.491. The van der Waals surface area contributed by atoms with Gasteiger partial charge in [0.2, 0.25) is 5.91 Å². The minimum atomic E-state index is -0.628. The largest absolute Gasteiger partial charge is 0.483 e. The molecular formula is C17H34N2O4. The topological polar surface area (TPSA) is 89.9 Å². The summed E-state index contributed by atoms with van der Waals surface area (Å²) in [7, 11) is 2.00. The number of hydrogen-bond donors (Lipinski definition) is 3. The third-order valence-corrected chi connectivity index (χ3v) is 4.05. The van der Waals surface area contributed by atoms with Crippen molar-refractivity contribution >= 4 is 12.4 Å². The van der Waals surface area contributed by atoms with Gasteiger partial charge in [0.15, 0.2) is 0 Å². The predicted octanol–water partition coefficient (Wildman–Crippen LogP) is 2.01. The third kappa shape index (κ3) is 14.2. The lowest BCUT2D eigenvalue weighted by Gasteiger charge is -2.23. The molecule has 0 aromatic heterocycles. The Balaban J connectivity index is 0.00000149. The summed E-state index contributed by atoms with van der Waals surface area (Å²) in [6.45, 7) is 4.97. The first kappa shape index (κ1) is 21.9. The fourth-order valence-corrected chi connectivity index (χ4v) is 2.59. The molecule has 6 heteroatoms. The monoisotopic (exact) mass is 330 g/mol. The van der Waals surface area contributed by atoms with Crippen LogP contribution in [0.25, 0.3) is 0 Å². The van der Waals surface area contributed by atoms with Gasteiger partial charge in [-0.1, -0.05) is 25.7 Å². The summed E-state index contributed by atoms with van der Waals surface area (Å²) in [5, 5.41) is 19.7. The highest BCUT2D eigenvalue weighted by molar-refractivity contribution is 5.76. The van der Waals surface area contributed by atoms with Gasteiger partial charge in [0, 0.05) is 25.6 Å². The van der Waals surface area contributed by atoms with Crippen LogP contribution in [0.15, 0.2) is 0 Å². The van der Waals surface area contributed by atoms with E-state index < -0.39 is 5.60 Å². The molecule has 1 fully saturated rings. The molecule has 0 bridgehead atoms. The molecule has 0 atom stereocenters. The molecule has 0 saturated heterocycles. The molecule has 136 valence electrons. The van der Waals surface area contributed by atoms with Crippen LogP contribution in [0.5, 0.6) is 0 Å². The van der Waals surface area contributed by atoms with Crippen molar-refractivity contribution in [2.24, 2.45) is 0 Å². The average molecular weight is 330 g/mol. The van der Waals surface area contributed by atoms with Gasteiger partial charge in [0.05, 0.1) is 5.60 Å². The number of carbonyl (C=O) groups is 2. The predicted molar refractivity (Wildman–Crippen MR) is 91.4 cm³/mol. The van der Waals surface area contributed by atoms with Crippen LogP contribution in [-0.4, -0.2) is 59.3 Å². The maximum absolute atomic E-state index is 11.9. The van der Waals surface area contributed by atoms with E-state index in [0.717, 1.165) is 32.4 Å². The van der Waals surface area contributed by atoms with Gasteiger partial charge in [-0.3, -0.25) is 9.59 Å². The Morgan fingerprint density at radius 3 is 2.22 bits per heavy atom. The number of aliphatic hydroxyl groups is 1. The highest BCUT2D eigenvalue weighted by Crippen LogP contribution is 2.17. The smallest absolute Gasteiger partial charge is 0.290 e. The Morgan fingerprint density at radius 1 is 1.22 bits per heavy atom. The normalized spacial score (nSPS) is 16.2. The Morgan fingerprint density at radius 2 is 1.74 bits per heavy atom. The lowest BCUT2D eigenvalue weighted by molar-refractivity contribution is -0.123. The minimum Gasteiger partial charge on any atom is -0.483 e. The maximum Gasteiger partial charge on any atom is 0.290 e. The summed E-state index contributed by atoms with van der Waals surface area (Å²) in [6, 6.07) is 0.395. The lowest BCUT2D eigenvalue weighted by atomic mass is 10.1. The first-order valence-electron chi connectivity index (χ1n) is 8.56. The molecular weight excluding hydrogens is 296 g/mol. The molecule has 0 radical (unpaired) electrons. The summed E-state index contributed by atoms with van der Waals surface area (Å²) in [6.07, 6.45) is 8.68. The molecule has 6 nitrogen and oxygen atoms in total. The molecule has 3 N–H and O–H groups in total. The van der Waals surface area contributed by atoms with E-state index in [4.69, 9.17) is 9.90 Å². The second-order valence-corrected chi connectivity index (χ2v) is 6.98. The Hall–Kier alpha value is -1.14. The molecule has 1 aliphatic rings.